The maximum atomic E-state index is 15.2. The summed E-state index contributed by atoms with van der Waals surface area (Å²) in [6, 6.07) is 6.00. The Labute approximate surface area is 236 Å². The molecular formula is C28H31F4N5O2S. The number of benzene rings is 1. The molecule has 40 heavy (non-hydrogen) atoms. The van der Waals surface area contributed by atoms with Gasteiger partial charge in [0.2, 0.25) is 0 Å². The van der Waals surface area contributed by atoms with E-state index in [0.29, 0.717) is 12.8 Å². The summed E-state index contributed by atoms with van der Waals surface area (Å²) in [6.07, 6.45) is -1.59. The molecule has 2 aromatic rings. The molecule has 1 aliphatic rings. The van der Waals surface area contributed by atoms with Crippen LogP contribution >= 0.6 is 12.2 Å². The SMILES string of the molecule is CNC(=O)c1ccc(N(C(=S)N(C)c2cnc(C#N)c(C(F)(F)F)c2)C2(C=O)CC(C)(C)CC(C)(C)C2)cc1F. The number of halogens is 4. The van der Waals surface area contributed by atoms with Crippen LogP contribution in [0.5, 0.6) is 0 Å². The number of nitrogens with one attached hydrogen (secondary N) is 1. The van der Waals surface area contributed by atoms with Crippen LogP contribution in [-0.4, -0.2) is 41.9 Å². The molecule has 0 unspecified atom stereocenters. The van der Waals surface area contributed by atoms with E-state index < -0.39 is 34.7 Å². The van der Waals surface area contributed by atoms with Gasteiger partial charge in [0.1, 0.15) is 23.7 Å². The van der Waals surface area contributed by atoms with Gasteiger partial charge in [-0.15, -0.1) is 0 Å². The van der Waals surface area contributed by atoms with Gasteiger partial charge in [0.15, 0.2) is 10.8 Å². The average Bonchev–Trinajstić information content (AvgIpc) is 2.85. The molecule has 0 spiro atoms. The first-order chi connectivity index (χ1) is 18.4. The van der Waals surface area contributed by atoms with E-state index in [0.717, 1.165) is 31.0 Å². The quantitative estimate of drug-likeness (QED) is 0.270. The van der Waals surface area contributed by atoms with Crippen molar-refractivity contribution in [3.05, 3.63) is 53.1 Å². The van der Waals surface area contributed by atoms with Crippen molar-refractivity contribution >= 4 is 40.9 Å². The van der Waals surface area contributed by atoms with Crippen molar-refractivity contribution in [2.45, 2.75) is 58.7 Å². The van der Waals surface area contributed by atoms with Crippen LogP contribution in [0.25, 0.3) is 0 Å². The molecule has 1 N–H and O–H groups in total. The Morgan fingerprint density at radius 2 is 1.73 bits per heavy atom. The highest BCUT2D eigenvalue weighted by molar-refractivity contribution is 7.80. The van der Waals surface area contributed by atoms with Crippen molar-refractivity contribution in [1.29, 1.82) is 5.26 Å². The van der Waals surface area contributed by atoms with Gasteiger partial charge in [0.25, 0.3) is 5.91 Å². The van der Waals surface area contributed by atoms with Crippen molar-refractivity contribution in [3.63, 3.8) is 0 Å². The minimum absolute atomic E-state index is 0.0841. The van der Waals surface area contributed by atoms with Crippen molar-refractivity contribution in [2.24, 2.45) is 10.8 Å². The summed E-state index contributed by atoms with van der Waals surface area (Å²) in [5.41, 5.74) is -4.19. The van der Waals surface area contributed by atoms with E-state index in [4.69, 9.17) is 17.5 Å². The fraction of sp³-hybridized carbons (Fsp3) is 0.464. The number of hydrogen-bond donors (Lipinski definition) is 1. The molecule has 7 nitrogen and oxygen atoms in total. The highest BCUT2D eigenvalue weighted by atomic mass is 32.1. The van der Waals surface area contributed by atoms with Crippen LogP contribution in [0.2, 0.25) is 0 Å². The highest BCUT2D eigenvalue weighted by Gasteiger charge is 2.52. The van der Waals surface area contributed by atoms with Crippen molar-refractivity contribution < 1.29 is 27.2 Å². The summed E-state index contributed by atoms with van der Waals surface area (Å²) >= 11 is 5.80. The third kappa shape index (κ3) is 6.09. The van der Waals surface area contributed by atoms with Crippen molar-refractivity contribution in [1.82, 2.24) is 10.3 Å². The first kappa shape index (κ1) is 30.9. The number of nitrogens with zero attached hydrogens (tertiary/aromatic N) is 4. The second kappa shape index (κ2) is 10.8. The molecule has 1 aromatic carbocycles. The van der Waals surface area contributed by atoms with Crippen LogP contribution in [0.15, 0.2) is 30.5 Å². The molecule has 1 aromatic heterocycles. The van der Waals surface area contributed by atoms with Crippen LogP contribution < -0.4 is 15.1 Å². The van der Waals surface area contributed by atoms with Gasteiger partial charge in [0, 0.05) is 19.8 Å². The lowest BCUT2D eigenvalue weighted by Crippen LogP contribution is -2.62. The molecule has 3 rings (SSSR count). The number of amides is 1. The highest BCUT2D eigenvalue weighted by Crippen LogP contribution is 2.52. The number of pyridine rings is 1. The number of aldehydes is 1. The second-order valence-corrected chi connectivity index (χ2v) is 12.1. The van der Waals surface area contributed by atoms with Gasteiger partial charge in [-0.1, -0.05) is 27.7 Å². The molecule has 0 saturated heterocycles. The minimum Gasteiger partial charge on any atom is -0.355 e. The van der Waals surface area contributed by atoms with Crippen LogP contribution in [0, 0.1) is 28.0 Å². The van der Waals surface area contributed by atoms with E-state index in [2.05, 4.69) is 10.3 Å². The fourth-order valence-electron chi connectivity index (χ4n) is 6.16. The zero-order chi connectivity index (χ0) is 30.3. The molecule has 0 bridgehead atoms. The van der Waals surface area contributed by atoms with Gasteiger partial charge in [-0.3, -0.25) is 4.79 Å². The van der Waals surface area contributed by atoms with Crippen LogP contribution in [0.3, 0.4) is 0 Å². The normalized spacial score (nSPS) is 17.3. The zero-order valence-electron chi connectivity index (χ0n) is 23.1. The number of carbonyl (C=O) groups is 2. The Kier molecular flexibility index (Phi) is 8.33. The molecule has 1 amide bonds. The van der Waals surface area contributed by atoms with Crippen molar-refractivity contribution in [2.75, 3.05) is 23.9 Å². The Hall–Kier alpha value is -3.59. The lowest BCUT2D eigenvalue weighted by Gasteiger charge is -2.55. The maximum absolute atomic E-state index is 15.2. The first-order valence-corrected chi connectivity index (χ1v) is 12.8. The number of nitriles is 1. The minimum atomic E-state index is -4.85. The van der Waals surface area contributed by atoms with Gasteiger partial charge in [-0.25, -0.2) is 9.37 Å². The molecule has 1 heterocycles. The van der Waals surface area contributed by atoms with E-state index in [1.54, 1.807) is 0 Å². The Morgan fingerprint density at radius 3 is 2.20 bits per heavy atom. The second-order valence-electron chi connectivity index (χ2n) is 11.7. The summed E-state index contributed by atoms with van der Waals surface area (Å²) in [6.45, 7) is 8.03. The maximum Gasteiger partial charge on any atom is 0.419 e. The van der Waals surface area contributed by atoms with E-state index in [1.807, 2.05) is 27.7 Å². The molecule has 0 atom stereocenters. The van der Waals surface area contributed by atoms with E-state index in [9.17, 15) is 22.8 Å². The smallest absolute Gasteiger partial charge is 0.355 e. The summed E-state index contributed by atoms with van der Waals surface area (Å²) in [7, 11) is 2.77. The summed E-state index contributed by atoms with van der Waals surface area (Å²) in [5, 5.41) is 11.4. The monoisotopic (exact) mass is 577 g/mol. The standard InChI is InChI=1S/C28H31F4N5O2S/c1-25(2)13-26(3,4)15-27(14-25,16-38)37(17-7-8-19(21(29)10-17)23(39)34-5)24(40)36(6)18-9-20(28(30,31)32)22(11-33)35-12-18/h7-10,12,16H,13-15H2,1-6H3,(H,34,39). The molecule has 0 radical (unpaired) electrons. The Balaban J connectivity index is 2.24. The number of aromatic nitrogens is 1. The number of alkyl halides is 3. The third-order valence-corrected chi connectivity index (χ3v) is 7.48. The van der Waals surface area contributed by atoms with E-state index in [-0.39, 0.29) is 32.9 Å². The lowest BCUT2D eigenvalue weighted by atomic mass is 9.58. The summed E-state index contributed by atoms with van der Waals surface area (Å²) in [5.74, 6) is -1.51. The molecule has 1 saturated carbocycles. The van der Waals surface area contributed by atoms with Crippen LogP contribution in [0.4, 0.5) is 28.9 Å². The predicted molar refractivity (Wildman–Crippen MR) is 147 cm³/mol. The Bertz CT molecular complexity index is 1370. The fourth-order valence-corrected chi connectivity index (χ4v) is 6.55. The molecular weight excluding hydrogens is 546 g/mol. The van der Waals surface area contributed by atoms with Crippen LogP contribution in [0.1, 0.15) is 68.6 Å². The number of thiocarbonyl (C=S) groups is 1. The van der Waals surface area contributed by atoms with Crippen molar-refractivity contribution in [3.8, 4) is 6.07 Å². The zero-order valence-corrected chi connectivity index (χ0v) is 23.9. The average molecular weight is 578 g/mol. The third-order valence-electron chi connectivity index (χ3n) is 7.02. The first-order valence-electron chi connectivity index (χ1n) is 12.4. The number of anilines is 2. The van der Waals surface area contributed by atoms with E-state index >= 15 is 4.39 Å². The van der Waals surface area contributed by atoms with Gasteiger partial charge in [0.05, 0.1) is 23.0 Å². The molecule has 1 aliphatic carbocycles. The topological polar surface area (TPSA) is 89.3 Å². The molecule has 1 fully saturated rings. The lowest BCUT2D eigenvalue weighted by molar-refractivity contribution is -0.138. The molecule has 12 heteroatoms. The van der Waals surface area contributed by atoms with E-state index in [1.165, 1.54) is 42.1 Å². The van der Waals surface area contributed by atoms with Gasteiger partial charge >= 0.3 is 6.18 Å². The van der Waals surface area contributed by atoms with Crippen LogP contribution in [-0.2, 0) is 11.0 Å². The molecule has 0 aliphatic heterocycles. The molecule has 214 valence electrons. The largest absolute Gasteiger partial charge is 0.419 e. The summed E-state index contributed by atoms with van der Waals surface area (Å²) in [4.78, 5) is 31.5. The predicted octanol–water partition coefficient (Wildman–Crippen LogP) is 5.87. The Morgan fingerprint density at radius 1 is 1.12 bits per heavy atom. The van der Waals surface area contributed by atoms with Gasteiger partial charge in [-0.2, -0.15) is 18.4 Å². The number of rotatable bonds is 5. The number of carbonyl (C=O) groups excluding carboxylic acids is 2. The summed E-state index contributed by atoms with van der Waals surface area (Å²) < 4.78 is 56.3. The van der Waals surface area contributed by atoms with Gasteiger partial charge in [-0.05, 0) is 66.6 Å². The van der Waals surface area contributed by atoms with Gasteiger partial charge < -0.3 is 19.9 Å². The number of hydrogen-bond acceptors (Lipinski definition) is 5.